The summed E-state index contributed by atoms with van der Waals surface area (Å²) in [4.78, 5) is 30.3. The Labute approximate surface area is 147 Å². The van der Waals surface area contributed by atoms with E-state index in [0.717, 1.165) is 31.6 Å². The number of benzene rings is 1. The van der Waals surface area contributed by atoms with Crippen molar-refractivity contribution in [2.24, 2.45) is 0 Å². The number of anilines is 1. The molecule has 0 unspecified atom stereocenters. The van der Waals surface area contributed by atoms with Gasteiger partial charge in [-0.2, -0.15) is 0 Å². The van der Waals surface area contributed by atoms with Gasteiger partial charge in [0.2, 0.25) is 5.91 Å². The van der Waals surface area contributed by atoms with Gasteiger partial charge in [-0.05, 0) is 37.1 Å². The van der Waals surface area contributed by atoms with Gasteiger partial charge in [0.15, 0.2) is 0 Å². The molecule has 1 aliphatic rings. The molecule has 2 amide bonds. The van der Waals surface area contributed by atoms with E-state index in [0.29, 0.717) is 12.1 Å². The van der Waals surface area contributed by atoms with Gasteiger partial charge in [-0.3, -0.25) is 19.5 Å². The Kier molecular flexibility index (Phi) is 5.74. The van der Waals surface area contributed by atoms with Crippen LogP contribution < -0.4 is 10.6 Å². The Hall–Kier alpha value is -2.73. The van der Waals surface area contributed by atoms with Gasteiger partial charge in [0, 0.05) is 42.8 Å². The summed E-state index contributed by atoms with van der Waals surface area (Å²) >= 11 is 0. The predicted molar refractivity (Wildman–Crippen MR) is 96.2 cm³/mol. The molecule has 6 nitrogen and oxygen atoms in total. The Morgan fingerprint density at radius 3 is 2.40 bits per heavy atom. The lowest BCUT2D eigenvalue weighted by Gasteiger charge is -2.31. The van der Waals surface area contributed by atoms with Crippen LogP contribution in [0.5, 0.6) is 0 Å². The molecule has 2 heterocycles. The number of pyridine rings is 1. The number of likely N-dealkylation sites (tertiary alicyclic amines) is 1. The molecule has 0 aliphatic carbocycles. The molecular weight excluding hydrogens is 316 g/mol. The number of amides is 2. The number of nitrogens with zero attached hydrogens (tertiary/aromatic N) is 2. The zero-order valence-electron chi connectivity index (χ0n) is 14.0. The van der Waals surface area contributed by atoms with Crippen LogP contribution in [0.3, 0.4) is 0 Å². The molecule has 1 aromatic heterocycles. The first-order valence-electron chi connectivity index (χ1n) is 8.49. The van der Waals surface area contributed by atoms with Crippen LogP contribution in [0, 0.1) is 0 Å². The highest BCUT2D eigenvalue weighted by Gasteiger charge is 2.22. The van der Waals surface area contributed by atoms with Crippen molar-refractivity contribution in [2.75, 3.05) is 25.0 Å². The minimum absolute atomic E-state index is 0.00882. The van der Waals surface area contributed by atoms with E-state index >= 15 is 0 Å². The van der Waals surface area contributed by atoms with Crippen LogP contribution in [0.2, 0.25) is 0 Å². The highest BCUT2D eigenvalue weighted by atomic mass is 16.2. The number of hydrogen-bond acceptors (Lipinski definition) is 4. The summed E-state index contributed by atoms with van der Waals surface area (Å²) < 4.78 is 0. The van der Waals surface area contributed by atoms with Gasteiger partial charge in [-0.15, -0.1) is 0 Å². The minimum atomic E-state index is -0.0670. The van der Waals surface area contributed by atoms with Gasteiger partial charge >= 0.3 is 0 Å². The van der Waals surface area contributed by atoms with E-state index in [1.165, 1.54) is 0 Å². The molecule has 0 saturated carbocycles. The van der Waals surface area contributed by atoms with Gasteiger partial charge in [0.25, 0.3) is 5.91 Å². The highest BCUT2D eigenvalue weighted by Crippen LogP contribution is 2.12. The summed E-state index contributed by atoms with van der Waals surface area (Å²) in [6.45, 7) is 1.97. The van der Waals surface area contributed by atoms with E-state index in [1.807, 2.05) is 30.3 Å². The van der Waals surface area contributed by atoms with Crippen LogP contribution in [0.4, 0.5) is 5.69 Å². The van der Waals surface area contributed by atoms with E-state index < -0.39 is 0 Å². The minimum Gasteiger partial charge on any atom is -0.349 e. The molecule has 25 heavy (non-hydrogen) atoms. The molecule has 1 aromatic carbocycles. The quantitative estimate of drug-likeness (QED) is 0.873. The molecule has 1 fully saturated rings. The van der Waals surface area contributed by atoms with E-state index in [9.17, 15) is 9.59 Å². The van der Waals surface area contributed by atoms with Crippen molar-refractivity contribution in [3.63, 3.8) is 0 Å². The number of nitrogens with one attached hydrogen (secondary N) is 2. The first-order chi connectivity index (χ1) is 12.2. The average Bonchev–Trinajstić information content (AvgIpc) is 2.65. The fraction of sp³-hybridized carbons (Fsp3) is 0.316. The van der Waals surface area contributed by atoms with E-state index in [2.05, 4.69) is 20.5 Å². The topological polar surface area (TPSA) is 74.3 Å². The summed E-state index contributed by atoms with van der Waals surface area (Å²) in [7, 11) is 0. The second-order valence-electron chi connectivity index (χ2n) is 6.17. The molecule has 2 aromatic rings. The molecule has 1 saturated heterocycles. The lowest BCUT2D eigenvalue weighted by molar-refractivity contribution is -0.117. The maximum atomic E-state index is 12.2. The molecule has 0 radical (unpaired) electrons. The maximum Gasteiger partial charge on any atom is 0.251 e. The Balaban J connectivity index is 1.41. The largest absolute Gasteiger partial charge is 0.349 e. The zero-order valence-corrected chi connectivity index (χ0v) is 14.0. The second-order valence-corrected chi connectivity index (χ2v) is 6.17. The number of para-hydroxylation sites is 1. The second kappa shape index (κ2) is 8.39. The van der Waals surface area contributed by atoms with Crippen molar-refractivity contribution < 1.29 is 9.59 Å². The van der Waals surface area contributed by atoms with Crippen molar-refractivity contribution in [1.82, 2.24) is 15.2 Å². The van der Waals surface area contributed by atoms with Crippen molar-refractivity contribution >= 4 is 17.5 Å². The third kappa shape index (κ3) is 5.12. The number of carbonyl (C=O) groups excluding carboxylic acids is 2. The van der Waals surface area contributed by atoms with Crippen LogP contribution in [-0.4, -0.2) is 47.4 Å². The van der Waals surface area contributed by atoms with E-state index in [4.69, 9.17) is 0 Å². The fourth-order valence-electron chi connectivity index (χ4n) is 2.93. The third-order valence-corrected chi connectivity index (χ3v) is 4.29. The van der Waals surface area contributed by atoms with Gasteiger partial charge in [-0.25, -0.2) is 0 Å². The molecule has 6 heteroatoms. The first-order valence-corrected chi connectivity index (χ1v) is 8.49. The lowest BCUT2D eigenvalue weighted by atomic mass is 10.0. The molecule has 3 rings (SSSR count). The van der Waals surface area contributed by atoms with Gasteiger partial charge in [0.1, 0.15) is 0 Å². The van der Waals surface area contributed by atoms with Crippen LogP contribution in [-0.2, 0) is 4.79 Å². The van der Waals surface area contributed by atoms with Crippen LogP contribution in [0.15, 0.2) is 54.9 Å². The van der Waals surface area contributed by atoms with Crippen molar-refractivity contribution in [3.05, 3.63) is 60.4 Å². The number of rotatable bonds is 5. The molecule has 0 spiro atoms. The van der Waals surface area contributed by atoms with Crippen molar-refractivity contribution in [2.45, 2.75) is 18.9 Å². The lowest BCUT2D eigenvalue weighted by Crippen LogP contribution is -2.46. The zero-order chi connectivity index (χ0) is 17.5. The Bertz CT molecular complexity index is 698. The van der Waals surface area contributed by atoms with Gasteiger partial charge < -0.3 is 10.6 Å². The number of aromatic nitrogens is 1. The van der Waals surface area contributed by atoms with Gasteiger partial charge in [0.05, 0.1) is 6.54 Å². The van der Waals surface area contributed by atoms with Crippen LogP contribution >= 0.6 is 0 Å². The molecular formula is C19H22N4O2. The van der Waals surface area contributed by atoms with Crippen molar-refractivity contribution in [3.8, 4) is 0 Å². The first kappa shape index (κ1) is 17.1. The fourth-order valence-corrected chi connectivity index (χ4v) is 2.93. The van der Waals surface area contributed by atoms with Crippen LogP contribution in [0.1, 0.15) is 23.2 Å². The van der Waals surface area contributed by atoms with E-state index in [1.54, 1.807) is 24.5 Å². The predicted octanol–water partition coefficient (Wildman–Crippen LogP) is 1.91. The summed E-state index contributed by atoms with van der Waals surface area (Å²) in [6.07, 6.45) is 4.91. The summed E-state index contributed by atoms with van der Waals surface area (Å²) in [6, 6.07) is 13.0. The average molecular weight is 338 g/mol. The SMILES string of the molecule is O=C(CN1CCC(NC(=O)c2ccncc2)CC1)Nc1ccccc1. The van der Waals surface area contributed by atoms with E-state index in [-0.39, 0.29) is 17.9 Å². The smallest absolute Gasteiger partial charge is 0.251 e. The van der Waals surface area contributed by atoms with Crippen LogP contribution in [0.25, 0.3) is 0 Å². The molecule has 130 valence electrons. The number of piperidine rings is 1. The Morgan fingerprint density at radius 2 is 1.72 bits per heavy atom. The summed E-state index contributed by atoms with van der Waals surface area (Å²) in [5.74, 6) is -0.0758. The monoisotopic (exact) mass is 338 g/mol. The number of hydrogen-bond donors (Lipinski definition) is 2. The summed E-state index contributed by atoms with van der Waals surface area (Å²) in [5.41, 5.74) is 1.44. The molecule has 1 aliphatic heterocycles. The molecule has 2 N–H and O–H groups in total. The number of carbonyl (C=O) groups is 2. The standard InChI is InChI=1S/C19H22N4O2/c24-18(21-16-4-2-1-3-5-16)14-23-12-8-17(9-13-23)22-19(25)15-6-10-20-11-7-15/h1-7,10-11,17H,8-9,12-14H2,(H,21,24)(H,22,25). The van der Waals surface area contributed by atoms with Gasteiger partial charge in [-0.1, -0.05) is 18.2 Å². The third-order valence-electron chi connectivity index (χ3n) is 4.29. The Morgan fingerprint density at radius 1 is 1.04 bits per heavy atom. The maximum absolute atomic E-state index is 12.2. The highest BCUT2D eigenvalue weighted by molar-refractivity contribution is 5.94. The molecule has 0 bridgehead atoms. The van der Waals surface area contributed by atoms with Crippen molar-refractivity contribution in [1.29, 1.82) is 0 Å². The summed E-state index contributed by atoms with van der Waals surface area (Å²) in [5, 5.41) is 5.95. The molecule has 0 atom stereocenters. The normalized spacial score (nSPS) is 15.5.